The number of aryl methyl sites for hydroxylation is 2. The van der Waals surface area contributed by atoms with E-state index in [0.29, 0.717) is 0 Å². The van der Waals surface area contributed by atoms with Crippen LogP contribution in [0.15, 0.2) is 0 Å². The van der Waals surface area contributed by atoms with Gasteiger partial charge in [0.1, 0.15) is 0 Å². The van der Waals surface area contributed by atoms with Gasteiger partial charge in [0.15, 0.2) is 0 Å². The third-order valence-corrected chi connectivity index (χ3v) is 5.65. The number of aromatic nitrogens is 2. The van der Waals surface area contributed by atoms with Crippen molar-refractivity contribution in [1.82, 2.24) is 20.0 Å². The molecule has 2 aliphatic rings. The Labute approximate surface area is 150 Å². The van der Waals surface area contributed by atoms with Crippen LogP contribution >= 0.6 is 0 Å². The van der Waals surface area contributed by atoms with Gasteiger partial charge in [-0.25, -0.2) is 0 Å². The van der Waals surface area contributed by atoms with Crippen LogP contribution in [0.2, 0.25) is 0 Å². The number of nitrogens with zero attached hydrogens (tertiary/aromatic N) is 3. The van der Waals surface area contributed by atoms with Gasteiger partial charge in [0.25, 0.3) is 0 Å². The smallest absolute Gasteiger partial charge is 0.230 e. The molecule has 2 aliphatic heterocycles. The molecule has 1 aromatic rings. The maximum Gasteiger partial charge on any atom is 0.230 e. The zero-order valence-corrected chi connectivity index (χ0v) is 15.9. The highest BCUT2D eigenvalue weighted by Crippen LogP contribution is 2.25. The monoisotopic (exact) mass is 348 g/mol. The van der Waals surface area contributed by atoms with E-state index < -0.39 is 0 Å². The Balaban J connectivity index is 1.44. The highest BCUT2D eigenvalue weighted by atomic mass is 16.5. The first kappa shape index (κ1) is 18.4. The molecule has 3 heterocycles. The number of carbonyl (C=O) groups excluding carboxylic acids is 1. The van der Waals surface area contributed by atoms with E-state index in [1.54, 1.807) is 0 Å². The Morgan fingerprint density at radius 3 is 2.72 bits per heavy atom. The first-order valence-corrected chi connectivity index (χ1v) is 9.70. The van der Waals surface area contributed by atoms with Crippen molar-refractivity contribution in [2.75, 3.05) is 39.3 Å². The van der Waals surface area contributed by atoms with Gasteiger partial charge in [-0.2, -0.15) is 5.10 Å². The molecule has 25 heavy (non-hydrogen) atoms. The van der Waals surface area contributed by atoms with Crippen LogP contribution in [0.25, 0.3) is 0 Å². The topological polar surface area (TPSA) is 61.5 Å². The van der Waals surface area contributed by atoms with Crippen molar-refractivity contribution >= 4 is 5.91 Å². The Bertz CT molecular complexity index is 560. The van der Waals surface area contributed by atoms with Crippen LogP contribution in [0, 0.1) is 13.8 Å². The van der Waals surface area contributed by atoms with E-state index in [9.17, 15) is 4.79 Å². The third kappa shape index (κ3) is 4.42. The maximum absolute atomic E-state index is 12.8. The Hall–Kier alpha value is -1.40. The van der Waals surface area contributed by atoms with Gasteiger partial charge in [0, 0.05) is 30.9 Å². The number of H-pyrrole nitrogens is 1. The molecule has 0 saturated carbocycles. The molecule has 0 unspecified atom stereocenters. The zero-order valence-electron chi connectivity index (χ0n) is 15.9. The number of aromatic amines is 1. The molecule has 0 aliphatic carbocycles. The lowest BCUT2D eigenvalue weighted by Gasteiger charge is -2.26. The Morgan fingerprint density at radius 2 is 2.04 bits per heavy atom. The van der Waals surface area contributed by atoms with Crippen LogP contribution in [-0.4, -0.2) is 71.3 Å². The number of rotatable bonds is 6. The molecule has 140 valence electrons. The van der Waals surface area contributed by atoms with Gasteiger partial charge in [-0.3, -0.25) is 9.89 Å². The van der Waals surface area contributed by atoms with Crippen molar-refractivity contribution in [1.29, 1.82) is 0 Å². The molecular weight excluding hydrogens is 316 g/mol. The third-order valence-electron chi connectivity index (χ3n) is 5.65. The summed E-state index contributed by atoms with van der Waals surface area (Å²) in [4.78, 5) is 17.3. The van der Waals surface area contributed by atoms with Crippen molar-refractivity contribution in [3.05, 3.63) is 17.0 Å². The summed E-state index contributed by atoms with van der Waals surface area (Å²) < 4.78 is 6.05. The van der Waals surface area contributed by atoms with Crippen LogP contribution in [0.1, 0.15) is 55.5 Å². The first-order chi connectivity index (χ1) is 12.1. The summed E-state index contributed by atoms with van der Waals surface area (Å²) in [5, 5.41) is 7.20. The Morgan fingerprint density at radius 1 is 1.28 bits per heavy atom. The highest BCUT2D eigenvalue weighted by molar-refractivity contribution is 5.84. The Kier molecular flexibility index (Phi) is 6.12. The molecule has 6 nitrogen and oxygen atoms in total. The average molecular weight is 348 g/mol. The van der Waals surface area contributed by atoms with Crippen LogP contribution in [0.3, 0.4) is 0 Å². The summed E-state index contributed by atoms with van der Waals surface area (Å²) in [6.45, 7) is 11.7. The van der Waals surface area contributed by atoms with Crippen LogP contribution in [-0.2, 0) is 9.53 Å². The molecule has 2 saturated heterocycles. The quantitative estimate of drug-likeness (QED) is 0.856. The van der Waals surface area contributed by atoms with E-state index >= 15 is 0 Å². The number of hydrogen-bond acceptors (Lipinski definition) is 4. The number of likely N-dealkylation sites (tertiary alicyclic amines) is 2. The number of hydrogen-bond donors (Lipinski definition) is 1. The fraction of sp³-hybridized carbons (Fsp3) is 0.789. The molecule has 1 aromatic heterocycles. The normalized spacial score (nSPS) is 23.2. The van der Waals surface area contributed by atoms with E-state index in [4.69, 9.17) is 4.74 Å². The number of nitrogens with one attached hydrogen (secondary N) is 1. The van der Waals surface area contributed by atoms with Gasteiger partial charge in [-0.15, -0.1) is 0 Å². The van der Waals surface area contributed by atoms with Gasteiger partial charge >= 0.3 is 0 Å². The lowest BCUT2D eigenvalue weighted by atomic mass is 9.98. The molecule has 0 radical (unpaired) electrons. The average Bonchev–Trinajstić information content (AvgIpc) is 3.21. The van der Waals surface area contributed by atoms with Gasteiger partial charge in [-0.1, -0.05) is 6.42 Å². The van der Waals surface area contributed by atoms with E-state index in [2.05, 4.69) is 15.1 Å². The van der Waals surface area contributed by atoms with E-state index in [0.717, 1.165) is 49.6 Å². The van der Waals surface area contributed by atoms with Gasteiger partial charge < -0.3 is 14.5 Å². The minimum absolute atomic E-state index is 0.147. The second-order valence-electron chi connectivity index (χ2n) is 7.54. The molecule has 2 fully saturated rings. The number of piperidine rings is 1. The fourth-order valence-corrected chi connectivity index (χ4v) is 4.19. The zero-order chi connectivity index (χ0) is 17.8. The second-order valence-corrected chi connectivity index (χ2v) is 7.54. The molecule has 3 rings (SSSR count). The van der Waals surface area contributed by atoms with E-state index in [1.807, 2.05) is 25.7 Å². The minimum atomic E-state index is -0.147. The van der Waals surface area contributed by atoms with Gasteiger partial charge in [-0.05, 0) is 53.1 Å². The molecule has 1 amide bonds. The van der Waals surface area contributed by atoms with Crippen LogP contribution in [0.5, 0.6) is 0 Å². The summed E-state index contributed by atoms with van der Waals surface area (Å²) in [6, 6.07) is 0. The highest BCUT2D eigenvalue weighted by Gasteiger charge is 2.31. The van der Waals surface area contributed by atoms with Crippen molar-refractivity contribution in [2.24, 2.45) is 0 Å². The molecule has 1 N–H and O–H groups in total. The number of ether oxygens (including phenoxy) is 1. The second kappa shape index (κ2) is 8.32. The summed E-state index contributed by atoms with van der Waals surface area (Å²) in [5.41, 5.74) is 2.96. The molecule has 0 aromatic carbocycles. The molecule has 6 heteroatoms. The SMILES string of the molecule is Cc1n[nH]c(C)c1[C@H](C)C(=O)N1CC[C@H](OCCN2CCCCC2)C1. The van der Waals surface area contributed by atoms with Crippen molar-refractivity contribution in [3.8, 4) is 0 Å². The predicted octanol–water partition coefficient (Wildman–Crippen LogP) is 2.23. The summed E-state index contributed by atoms with van der Waals surface area (Å²) >= 11 is 0. The van der Waals surface area contributed by atoms with Crippen molar-refractivity contribution in [3.63, 3.8) is 0 Å². The van der Waals surface area contributed by atoms with E-state index in [-0.39, 0.29) is 17.9 Å². The maximum atomic E-state index is 12.8. The van der Waals surface area contributed by atoms with Crippen LogP contribution < -0.4 is 0 Å². The summed E-state index contributed by atoms with van der Waals surface area (Å²) in [5.74, 6) is 0.0422. The molecule has 0 spiro atoms. The minimum Gasteiger partial charge on any atom is -0.375 e. The van der Waals surface area contributed by atoms with Crippen molar-refractivity contribution in [2.45, 2.75) is 58.5 Å². The standard InChI is InChI=1S/C19H32N4O2/c1-14(18-15(2)20-21-16(18)3)19(24)23-10-7-17(13-23)25-12-11-22-8-5-4-6-9-22/h14,17H,4-13H2,1-3H3,(H,20,21)/t14-,17-/m0/s1. The predicted molar refractivity (Wildman–Crippen MR) is 97.7 cm³/mol. The summed E-state index contributed by atoms with van der Waals surface area (Å²) in [7, 11) is 0. The van der Waals surface area contributed by atoms with Gasteiger partial charge in [0.2, 0.25) is 5.91 Å². The lowest BCUT2D eigenvalue weighted by molar-refractivity contribution is -0.132. The molecule has 2 atom stereocenters. The van der Waals surface area contributed by atoms with Crippen molar-refractivity contribution < 1.29 is 9.53 Å². The van der Waals surface area contributed by atoms with Gasteiger partial charge in [0.05, 0.1) is 24.3 Å². The van der Waals surface area contributed by atoms with Crippen LogP contribution in [0.4, 0.5) is 0 Å². The number of amides is 1. The lowest BCUT2D eigenvalue weighted by Crippen LogP contribution is -2.35. The molecular formula is C19H32N4O2. The number of carbonyl (C=O) groups is 1. The summed E-state index contributed by atoms with van der Waals surface area (Å²) in [6.07, 6.45) is 5.13. The van der Waals surface area contributed by atoms with E-state index in [1.165, 1.54) is 32.4 Å². The fourth-order valence-electron chi connectivity index (χ4n) is 4.19. The largest absolute Gasteiger partial charge is 0.375 e. The first-order valence-electron chi connectivity index (χ1n) is 9.70. The molecule has 0 bridgehead atoms.